The van der Waals surface area contributed by atoms with Gasteiger partial charge in [0.2, 0.25) is 5.91 Å². The topological polar surface area (TPSA) is 83.6 Å². The fourth-order valence-corrected chi connectivity index (χ4v) is 5.21. The van der Waals surface area contributed by atoms with Gasteiger partial charge in [-0.2, -0.15) is 0 Å². The van der Waals surface area contributed by atoms with Gasteiger partial charge in [-0.25, -0.2) is 4.98 Å². The number of carbonyl (C=O) groups is 2. The molecule has 0 bridgehead atoms. The van der Waals surface area contributed by atoms with Crippen molar-refractivity contribution in [2.24, 2.45) is 5.41 Å². The molecule has 2 aromatic rings. The Morgan fingerprint density at radius 1 is 1.19 bits per heavy atom. The second kappa shape index (κ2) is 10.4. The maximum absolute atomic E-state index is 13.4. The third-order valence-corrected chi connectivity index (χ3v) is 7.27. The lowest BCUT2D eigenvalue weighted by atomic mass is 9.73. The fraction of sp³-hybridized carbons (Fsp3) is 0.542. The van der Waals surface area contributed by atoms with Crippen LogP contribution in [0.4, 0.5) is 0 Å². The number of likely N-dealkylation sites (tertiary alicyclic amines) is 1. The standard InChI is InChI=1S/C24H32N4O3S/c1-18-17-31-20-7-3-2-6-19(20)22(29)26-11-5-4-8-24(23(30)27-18)9-13-28(14-10-24)16-21-25-12-15-32-21/h2-3,6-7,12,15,18H,4-5,8-11,13-14,16-17H2,1H3,(H,26,29)(H,27,30)/t18-/m1/s1. The number of rotatable bonds is 2. The number of amides is 2. The first kappa shape index (κ1) is 22.7. The summed E-state index contributed by atoms with van der Waals surface area (Å²) in [7, 11) is 0. The smallest absolute Gasteiger partial charge is 0.255 e. The summed E-state index contributed by atoms with van der Waals surface area (Å²) in [6.45, 7) is 5.51. The molecule has 172 valence electrons. The minimum Gasteiger partial charge on any atom is -0.491 e. The molecule has 1 atom stereocenters. The van der Waals surface area contributed by atoms with Crippen molar-refractivity contribution in [3.63, 3.8) is 0 Å². The van der Waals surface area contributed by atoms with E-state index in [1.54, 1.807) is 23.5 Å². The monoisotopic (exact) mass is 456 g/mol. The number of fused-ring (bicyclic) bond motifs is 1. The van der Waals surface area contributed by atoms with Crippen LogP contribution >= 0.6 is 11.3 Å². The van der Waals surface area contributed by atoms with E-state index in [0.29, 0.717) is 24.5 Å². The van der Waals surface area contributed by atoms with Crippen LogP contribution in [0.2, 0.25) is 0 Å². The quantitative estimate of drug-likeness (QED) is 0.725. The molecule has 32 heavy (non-hydrogen) atoms. The van der Waals surface area contributed by atoms with Gasteiger partial charge in [0, 0.05) is 18.1 Å². The van der Waals surface area contributed by atoms with Crippen LogP contribution in [0.5, 0.6) is 5.75 Å². The Kier molecular flexibility index (Phi) is 7.42. The van der Waals surface area contributed by atoms with Crippen molar-refractivity contribution < 1.29 is 14.3 Å². The number of ether oxygens (including phenoxy) is 1. The molecule has 1 fully saturated rings. The molecule has 0 saturated carbocycles. The van der Waals surface area contributed by atoms with Crippen molar-refractivity contribution in [2.75, 3.05) is 26.2 Å². The van der Waals surface area contributed by atoms with Crippen LogP contribution in [0.3, 0.4) is 0 Å². The van der Waals surface area contributed by atoms with Crippen LogP contribution < -0.4 is 15.4 Å². The van der Waals surface area contributed by atoms with Crippen LogP contribution in [-0.2, 0) is 11.3 Å². The highest BCUT2D eigenvalue weighted by Gasteiger charge is 2.41. The zero-order valence-electron chi connectivity index (χ0n) is 18.6. The molecule has 0 aliphatic carbocycles. The Bertz CT molecular complexity index is 910. The highest BCUT2D eigenvalue weighted by atomic mass is 32.1. The second-order valence-electron chi connectivity index (χ2n) is 8.88. The van der Waals surface area contributed by atoms with Crippen LogP contribution in [-0.4, -0.2) is 54.0 Å². The Morgan fingerprint density at radius 3 is 2.78 bits per heavy atom. The highest BCUT2D eigenvalue weighted by Crippen LogP contribution is 2.37. The van der Waals surface area contributed by atoms with E-state index < -0.39 is 0 Å². The lowest BCUT2D eigenvalue weighted by Gasteiger charge is -2.41. The molecule has 2 aliphatic heterocycles. The number of hydrogen-bond acceptors (Lipinski definition) is 6. The Balaban J connectivity index is 1.43. The molecule has 2 aliphatic rings. The average Bonchev–Trinajstić information content (AvgIpc) is 3.31. The summed E-state index contributed by atoms with van der Waals surface area (Å²) >= 11 is 1.68. The van der Waals surface area contributed by atoms with Crippen molar-refractivity contribution in [1.29, 1.82) is 0 Å². The molecule has 1 saturated heterocycles. The maximum Gasteiger partial charge on any atom is 0.255 e. The van der Waals surface area contributed by atoms with Gasteiger partial charge in [-0.3, -0.25) is 14.5 Å². The minimum atomic E-state index is -0.361. The molecule has 7 nitrogen and oxygen atoms in total. The van der Waals surface area contributed by atoms with E-state index in [1.807, 2.05) is 30.6 Å². The van der Waals surface area contributed by atoms with Crippen molar-refractivity contribution >= 4 is 23.2 Å². The van der Waals surface area contributed by atoms with Crippen LogP contribution in [0.25, 0.3) is 0 Å². The van der Waals surface area contributed by atoms with Gasteiger partial charge < -0.3 is 15.4 Å². The summed E-state index contributed by atoms with van der Waals surface area (Å²) in [6, 6.07) is 7.11. The summed E-state index contributed by atoms with van der Waals surface area (Å²) in [6.07, 6.45) is 6.12. The normalized spacial score (nSPS) is 22.8. The zero-order valence-corrected chi connectivity index (χ0v) is 19.5. The van der Waals surface area contributed by atoms with Gasteiger partial charge >= 0.3 is 0 Å². The predicted octanol–water partition coefficient (Wildman–Crippen LogP) is 3.22. The van der Waals surface area contributed by atoms with Gasteiger partial charge in [0.25, 0.3) is 5.91 Å². The van der Waals surface area contributed by atoms with Crippen LogP contribution in [0.15, 0.2) is 35.8 Å². The van der Waals surface area contributed by atoms with Gasteiger partial charge in [-0.05, 0) is 57.8 Å². The molecule has 2 N–H and O–H groups in total. The minimum absolute atomic E-state index is 0.112. The van der Waals surface area contributed by atoms with Crippen molar-refractivity contribution in [3.05, 3.63) is 46.4 Å². The highest BCUT2D eigenvalue weighted by molar-refractivity contribution is 7.09. The molecule has 2 amide bonds. The number of carbonyl (C=O) groups excluding carboxylic acids is 2. The first-order valence-corrected chi connectivity index (χ1v) is 12.4. The molecule has 3 heterocycles. The average molecular weight is 457 g/mol. The largest absolute Gasteiger partial charge is 0.491 e. The third-order valence-electron chi connectivity index (χ3n) is 6.50. The van der Waals surface area contributed by atoms with Gasteiger partial charge in [0.1, 0.15) is 17.4 Å². The van der Waals surface area contributed by atoms with E-state index in [4.69, 9.17) is 4.74 Å². The summed E-state index contributed by atoms with van der Waals surface area (Å²) < 4.78 is 5.93. The number of nitrogens with zero attached hydrogens (tertiary/aromatic N) is 2. The summed E-state index contributed by atoms with van der Waals surface area (Å²) in [5.74, 6) is 0.574. The number of piperidine rings is 1. The molecule has 1 spiro atoms. The van der Waals surface area contributed by atoms with Crippen molar-refractivity contribution in [1.82, 2.24) is 20.5 Å². The first-order valence-electron chi connectivity index (χ1n) is 11.5. The molecule has 0 radical (unpaired) electrons. The second-order valence-corrected chi connectivity index (χ2v) is 9.86. The maximum atomic E-state index is 13.4. The van der Waals surface area contributed by atoms with E-state index in [-0.39, 0.29) is 23.3 Å². The van der Waals surface area contributed by atoms with E-state index in [0.717, 1.165) is 56.7 Å². The lowest BCUT2D eigenvalue weighted by molar-refractivity contribution is -0.135. The summed E-state index contributed by atoms with van der Waals surface area (Å²) in [5, 5.41) is 9.34. The summed E-state index contributed by atoms with van der Waals surface area (Å²) in [4.78, 5) is 32.8. The Hall–Kier alpha value is -2.45. The van der Waals surface area contributed by atoms with E-state index in [9.17, 15) is 9.59 Å². The van der Waals surface area contributed by atoms with E-state index in [1.165, 1.54) is 0 Å². The third kappa shape index (κ3) is 5.48. The van der Waals surface area contributed by atoms with Crippen molar-refractivity contribution in [2.45, 2.75) is 51.6 Å². The number of nitrogens with one attached hydrogen (secondary N) is 2. The molecular formula is C24H32N4O3S. The first-order chi connectivity index (χ1) is 15.6. The van der Waals surface area contributed by atoms with E-state index >= 15 is 0 Å². The van der Waals surface area contributed by atoms with Gasteiger partial charge in [-0.1, -0.05) is 18.6 Å². The van der Waals surface area contributed by atoms with Gasteiger partial charge in [0.05, 0.1) is 23.6 Å². The van der Waals surface area contributed by atoms with Crippen molar-refractivity contribution in [3.8, 4) is 5.75 Å². The van der Waals surface area contributed by atoms with Crippen LogP contribution in [0.1, 0.15) is 54.4 Å². The molecule has 1 aromatic heterocycles. The molecule has 0 unspecified atom stereocenters. The lowest BCUT2D eigenvalue weighted by Crippen LogP contribution is -2.51. The van der Waals surface area contributed by atoms with Gasteiger partial charge in [-0.15, -0.1) is 11.3 Å². The molecule has 8 heteroatoms. The Morgan fingerprint density at radius 2 is 2.00 bits per heavy atom. The number of benzene rings is 1. The number of para-hydroxylation sites is 1. The number of hydrogen-bond donors (Lipinski definition) is 2. The molecule has 1 aromatic carbocycles. The van der Waals surface area contributed by atoms with Gasteiger partial charge in [0.15, 0.2) is 0 Å². The predicted molar refractivity (Wildman–Crippen MR) is 125 cm³/mol. The summed E-state index contributed by atoms with van der Waals surface area (Å²) in [5.41, 5.74) is 0.173. The molecular weight excluding hydrogens is 424 g/mol. The number of aromatic nitrogens is 1. The number of thiazole rings is 1. The molecule has 4 rings (SSSR count). The Labute approximate surface area is 193 Å². The fourth-order valence-electron chi connectivity index (χ4n) is 4.55. The zero-order chi connectivity index (χ0) is 22.4. The van der Waals surface area contributed by atoms with E-state index in [2.05, 4.69) is 20.5 Å². The SMILES string of the molecule is C[C@@H]1COc2ccccc2C(=O)NCCCCC2(CCN(Cc3nccs3)CC2)C(=O)N1. The van der Waals surface area contributed by atoms with Crippen LogP contribution in [0, 0.1) is 5.41 Å².